The number of nitrogens with zero attached hydrogens (tertiary/aromatic N) is 2. The van der Waals surface area contributed by atoms with Crippen LogP contribution in [0.25, 0.3) is 11.0 Å². The first-order chi connectivity index (χ1) is 15.4. The summed E-state index contributed by atoms with van der Waals surface area (Å²) in [6.45, 7) is 0. The van der Waals surface area contributed by atoms with Crippen LogP contribution in [0.2, 0.25) is 5.02 Å². The highest BCUT2D eigenvalue weighted by molar-refractivity contribution is 7.92. The van der Waals surface area contributed by atoms with Crippen LogP contribution in [0.4, 0.5) is 5.82 Å². The summed E-state index contributed by atoms with van der Waals surface area (Å²) < 4.78 is 39.2. The summed E-state index contributed by atoms with van der Waals surface area (Å²) >= 11 is 5.89. The van der Waals surface area contributed by atoms with E-state index in [2.05, 4.69) is 14.7 Å². The molecule has 0 radical (unpaired) electrons. The Morgan fingerprint density at radius 3 is 2.15 bits per heavy atom. The zero-order valence-corrected chi connectivity index (χ0v) is 18.9. The van der Waals surface area contributed by atoms with Gasteiger partial charge in [0, 0.05) is 11.4 Å². The third-order valence-electron chi connectivity index (χ3n) is 4.82. The molecule has 0 amide bonds. The van der Waals surface area contributed by atoms with Crippen molar-refractivity contribution in [2.75, 3.05) is 18.9 Å². The Morgan fingerprint density at radius 1 is 0.879 bits per heavy atom. The number of aromatic nitrogens is 2. The number of anilines is 1. The summed E-state index contributed by atoms with van der Waals surface area (Å²) in [5, 5.41) is 0.448. The average molecular weight is 486 g/mol. The van der Waals surface area contributed by atoms with Gasteiger partial charge in [-0.25, -0.2) is 18.4 Å². The Kier molecular flexibility index (Phi) is 7.40. The van der Waals surface area contributed by atoms with E-state index in [1.165, 1.54) is 24.3 Å². The lowest BCUT2D eigenvalue weighted by Crippen LogP contribution is -2.16. The summed E-state index contributed by atoms with van der Waals surface area (Å²) in [4.78, 5) is 9.30. The van der Waals surface area contributed by atoms with E-state index in [0.717, 1.165) is 5.56 Å². The molecule has 172 valence electrons. The van der Waals surface area contributed by atoms with Crippen molar-refractivity contribution >= 4 is 38.5 Å². The highest BCUT2D eigenvalue weighted by Gasteiger charge is 2.19. The van der Waals surface area contributed by atoms with E-state index < -0.39 is 10.0 Å². The number of para-hydroxylation sites is 2. The first kappa shape index (κ1) is 24.3. The first-order valence-electron chi connectivity index (χ1n) is 9.64. The standard InChI is InChI=1S/C23H20ClN3O4S.CH4/c1-30-21-12-7-15(14-22(21)31-2)13-20-23(26-19-6-4-3-5-18(19)25-20)27-32(28,29)17-10-8-16(24)9-11-17;/h3-12,14H,13H2,1-2H3,(H,26,27);1H4. The maximum absolute atomic E-state index is 13.0. The van der Waals surface area contributed by atoms with Gasteiger partial charge >= 0.3 is 0 Å². The number of fused-ring (bicyclic) bond motifs is 1. The maximum Gasteiger partial charge on any atom is 0.263 e. The molecule has 33 heavy (non-hydrogen) atoms. The van der Waals surface area contributed by atoms with Crippen LogP contribution in [0.3, 0.4) is 0 Å². The number of hydrogen-bond acceptors (Lipinski definition) is 6. The van der Waals surface area contributed by atoms with Gasteiger partial charge in [0.25, 0.3) is 10.0 Å². The highest BCUT2D eigenvalue weighted by atomic mass is 35.5. The molecule has 0 saturated heterocycles. The summed E-state index contributed by atoms with van der Waals surface area (Å²) in [6, 6.07) is 18.7. The molecule has 0 atom stereocenters. The number of benzene rings is 3. The lowest BCUT2D eigenvalue weighted by molar-refractivity contribution is 0.354. The Bertz CT molecular complexity index is 1380. The minimum atomic E-state index is -3.89. The fraction of sp³-hybridized carbons (Fsp3) is 0.167. The molecule has 0 unspecified atom stereocenters. The predicted octanol–water partition coefficient (Wildman–Crippen LogP) is 5.33. The molecule has 3 aromatic carbocycles. The first-order valence-corrected chi connectivity index (χ1v) is 11.5. The van der Waals surface area contributed by atoms with E-state index >= 15 is 0 Å². The summed E-state index contributed by atoms with van der Waals surface area (Å²) in [7, 11) is -0.769. The molecule has 9 heteroatoms. The SMILES string of the molecule is C.COc1ccc(Cc2nc3ccccc3nc2NS(=O)(=O)c2ccc(Cl)cc2)cc1OC. The molecule has 0 aliphatic rings. The van der Waals surface area contributed by atoms with Gasteiger partial charge in [-0.1, -0.05) is 37.2 Å². The van der Waals surface area contributed by atoms with Crippen LogP contribution >= 0.6 is 11.6 Å². The monoisotopic (exact) mass is 485 g/mol. The largest absolute Gasteiger partial charge is 0.493 e. The Hall–Kier alpha value is -3.36. The van der Waals surface area contributed by atoms with Crippen LogP contribution in [-0.4, -0.2) is 32.6 Å². The topological polar surface area (TPSA) is 90.4 Å². The molecule has 0 saturated carbocycles. The van der Waals surface area contributed by atoms with E-state index in [-0.39, 0.29) is 18.1 Å². The molecule has 0 aliphatic heterocycles. The second kappa shape index (κ2) is 10.1. The fourth-order valence-corrected chi connectivity index (χ4v) is 4.38. The van der Waals surface area contributed by atoms with Gasteiger partial charge < -0.3 is 9.47 Å². The van der Waals surface area contributed by atoms with Crippen molar-refractivity contribution in [3.63, 3.8) is 0 Å². The zero-order valence-electron chi connectivity index (χ0n) is 17.4. The molecule has 1 aromatic heterocycles. The predicted molar refractivity (Wildman–Crippen MR) is 131 cm³/mol. The molecule has 0 bridgehead atoms. The number of halogens is 1. The van der Waals surface area contributed by atoms with Crippen molar-refractivity contribution in [1.29, 1.82) is 0 Å². The van der Waals surface area contributed by atoms with Crippen molar-refractivity contribution in [2.45, 2.75) is 18.7 Å². The Morgan fingerprint density at radius 2 is 1.52 bits per heavy atom. The third kappa shape index (κ3) is 5.35. The second-order valence-electron chi connectivity index (χ2n) is 6.93. The minimum Gasteiger partial charge on any atom is -0.493 e. The van der Waals surface area contributed by atoms with Gasteiger partial charge in [0.15, 0.2) is 17.3 Å². The van der Waals surface area contributed by atoms with E-state index in [1.807, 2.05) is 30.3 Å². The molecule has 1 N–H and O–H groups in total. The lowest BCUT2D eigenvalue weighted by atomic mass is 10.1. The number of nitrogens with one attached hydrogen (secondary N) is 1. The van der Waals surface area contributed by atoms with Gasteiger partial charge in [-0.3, -0.25) is 4.72 Å². The number of methoxy groups -OCH3 is 2. The number of sulfonamides is 1. The van der Waals surface area contributed by atoms with Gasteiger partial charge in [-0.05, 0) is 54.1 Å². The minimum absolute atomic E-state index is 0. The van der Waals surface area contributed by atoms with Gasteiger partial charge in [-0.2, -0.15) is 0 Å². The van der Waals surface area contributed by atoms with Crippen molar-refractivity contribution in [1.82, 2.24) is 9.97 Å². The van der Waals surface area contributed by atoms with Gasteiger partial charge in [0.2, 0.25) is 0 Å². The van der Waals surface area contributed by atoms with Crippen molar-refractivity contribution in [2.24, 2.45) is 0 Å². The summed E-state index contributed by atoms with van der Waals surface area (Å²) in [5.74, 6) is 1.33. The van der Waals surface area contributed by atoms with Gasteiger partial charge in [0.1, 0.15) is 0 Å². The molecule has 4 rings (SSSR count). The highest BCUT2D eigenvalue weighted by Crippen LogP contribution is 2.30. The lowest BCUT2D eigenvalue weighted by Gasteiger charge is -2.14. The molecular formula is C24H24ClN3O4S. The van der Waals surface area contributed by atoms with Gasteiger partial charge in [-0.15, -0.1) is 0 Å². The number of hydrogen-bond donors (Lipinski definition) is 1. The molecular weight excluding hydrogens is 462 g/mol. The van der Waals surface area contributed by atoms with Crippen LogP contribution in [0.5, 0.6) is 11.5 Å². The smallest absolute Gasteiger partial charge is 0.263 e. The van der Waals surface area contributed by atoms with Gasteiger partial charge in [0.05, 0.1) is 35.8 Å². The van der Waals surface area contributed by atoms with Crippen LogP contribution in [0, 0.1) is 0 Å². The summed E-state index contributed by atoms with van der Waals surface area (Å²) in [5.41, 5.74) is 2.59. The van der Waals surface area contributed by atoms with E-state index in [9.17, 15) is 8.42 Å². The number of rotatable bonds is 7. The second-order valence-corrected chi connectivity index (χ2v) is 9.05. The zero-order chi connectivity index (χ0) is 22.7. The van der Waals surface area contributed by atoms with Crippen LogP contribution in [-0.2, 0) is 16.4 Å². The average Bonchev–Trinajstić information content (AvgIpc) is 2.79. The van der Waals surface area contributed by atoms with Crippen molar-refractivity contribution < 1.29 is 17.9 Å². The van der Waals surface area contributed by atoms with Crippen molar-refractivity contribution in [3.8, 4) is 11.5 Å². The Balaban J connectivity index is 0.00000306. The van der Waals surface area contributed by atoms with Crippen LogP contribution in [0.15, 0.2) is 71.6 Å². The molecule has 7 nitrogen and oxygen atoms in total. The molecule has 0 aliphatic carbocycles. The van der Waals surface area contributed by atoms with E-state index in [4.69, 9.17) is 21.1 Å². The summed E-state index contributed by atoms with van der Waals surface area (Å²) in [6.07, 6.45) is 0.330. The van der Waals surface area contributed by atoms with Crippen LogP contribution in [0.1, 0.15) is 18.7 Å². The van der Waals surface area contributed by atoms with E-state index in [0.29, 0.717) is 39.7 Å². The fourth-order valence-electron chi connectivity index (χ4n) is 3.23. The molecule has 4 aromatic rings. The number of ether oxygens (including phenoxy) is 2. The Labute approximate surface area is 198 Å². The normalized spacial score (nSPS) is 11.0. The maximum atomic E-state index is 13.0. The van der Waals surface area contributed by atoms with Crippen LogP contribution < -0.4 is 14.2 Å². The molecule has 0 fully saturated rings. The third-order valence-corrected chi connectivity index (χ3v) is 6.42. The molecule has 1 heterocycles. The quantitative estimate of drug-likeness (QED) is 0.380. The van der Waals surface area contributed by atoms with E-state index in [1.54, 1.807) is 26.4 Å². The molecule has 0 spiro atoms. The van der Waals surface area contributed by atoms with Crippen molar-refractivity contribution in [3.05, 3.63) is 83.0 Å².